The largest absolute Gasteiger partial charge is 0.351 e. The summed E-state index contributed by atoms with van der Waals surface area (Å²) >= 11 is 0. The van der Waals surface area contributed by atoms with E-state index in [1.54, 1.807) is 4.57 Å². The first-order valence-corrected chi connectivity index (χ1v) is 9.54. The quantitative estimate of drug-likeness (QED) is 0.843. The highest BCUT2D eigenvalue weighted by atomic mass is 35.7. The van der Waals surface area contributed by atoms with E-state index >= 15 is 0 Å². The number of halogens is 1. The van der Waals surface area contributed by atoms with E-state index < -0.39 is 9.05 Å². The molecule has 0 aliphatic heterocycles. The molecule has 1 aromatic heterocycles. The molecule has 1 saturated carbocycles. The van der Waals surface area contributed by atoms with Crippen LogP contribution in [0.2, 0.25) is 0 Å². The van der Waals surface area contributed by atoms with Crippen molar-refractivity contribution in [1.29, 1.82) is 0 Å². The molecule has 1 aliphatic carbocycles. The van der Waals surface area contributed by atoms with Crippen LogP contribution in [-0.4, -0.2) is 25.4 Å². The van der Waals surface area contributed by atoms with Crippen molar-refractivity contribution in [3.8, 4) is 0 Å². The van der Waals surface area contributed by atoms with Crippen LogP contribution in [0, 0.1) is 5.92 Å². The molecule has 1 N–H and O–H groups in total. The second-order valence-electron chi connectivity index (χ2n) is 5.95. The van der Waals surface area contributed by atoms with E-state index in [4.69, 9.17) is 10.7 Å². The molecule has 0 aromatic carbocycles. The number of aromatic nitrogens is 1. The van der Waals surface area contributed by atoms with Gasteiger partial charge in [0, 0.05) is 29.5 Å². The fourth-order valence-corrected chi connectivity index (χ4v) is 3.39. The lowest BCUT2D eigenvalue weighted by Gasteiger charge is -2.16. The minimum absolute atomic E-state index is 0.00855. The van der Waals surface area contributed by atoms with Crippen LogP contribution in [0.3, 0.4) is 0 Å². The van der Waals surface area contributed by atoms with Gasteiger partial charge in [-0.3, -0.25) is 4.79 Å². The van der Waals surface area contributed by atoms with Gasteiger partial charge < -0.3 is 9.88 Å². The molecule has 1 fully saturated rings. The lowest BCUT2D eigenvalue weighted by Crippen LogP contribution is -2.29. The van der Waals surface area contributed by atoms with Crippen LogP contribution in [0.1, 0.15) is 56.1 Å². The van der Waals surface area contributed by atoms with Crippen LogP contribution in [0.4, 0.5) is 0 Å². The number of hydrogen-bond acceptors (Lipinski definition) is 3. The number of carbonyl (C=O) groups is 1. The zero-order valence-corrected chi connectivity index (χ0v) is 13.9. The van der Waals surface area contributed by atoms with Gasteiger partial charge in [0.05, 0.1) is 0 Å². The molecule has 2 rings (SSSR count). The van der Waals surface area contributed by atoms with Crippen molar-refractivity contribution < 1.29 is 13.2 Å². The maximum absolute atomic E-state index is 12.3. The Morgan fingerprint density at radius 2 is 2.05 bits per heavy atom. The number of nitrogens with one attached hydrogen (secondary N) is 1. The Balaban J connectivity index is 2.32. The van der Waals surface area contributed by atoms with E-state index in [1.807, 2.05) is 13.8 Å². The average molecular weight is 333 g/mol. The Hall–Kier alpha value is -1.01. The Morgan fingerprint density at radius 1 is 1.43 bits per heavy atom. The van der Waals surface area contributed by atoms with E-state index in [9.17, 15) is 13.2 Å². The number of carbonyl (C=O) groups excluding carboxylic acids is 1. The number of nitrogens with zero attached hydrogens (tertiary/aromatic N) is 1. The van der Waals surface area contributed by atoms with Crippen molar-refractivity contribution in [3.05, 3.63) is 18.0 Å². The molecule has 7 heteroatoms. The summed E-state index contributed by atoms with van der Waals surface area (Å²) in [5, 5.41) is 2.83. The minimum Gasteiger partial charge on any atom is -0.351 e. The van der Waals surface area contributed by atoms with Crippen LogP contribution >= 0.6 is 10.7 Å². The second-order valence-corrected chi connectivity index (χ2v) is 8.51. The highest BCUT2D eigenvalue weighted by Gasteiger charge is 2.25. The van der Waals surface area contributed by atoms with Gasteiger partial charge >= 0.3 is 0 Å². The summed E-state index contributed by atoms with van der Waals surface area (Å²) in [6.07, 6.45) is 5.60. The Kier molecular flexibility index (Phi) is 4.99. The monoisotopic (exact) mass is 332 g/mol. The Morgan fingerprint density at radius 3 is 2.57 bits per heavy atom. The highest BCUT2D eigenvalue weighted by Crippen LogP contribution is 2.32. The van der Waals surface area contributed by atoms with Gasteiger partial charge in [0.25, 0.3) is 15.0 Å². The van der Waals surface area contributed by atoms with Crippen molar-refractivity contribution in [2.24, 2.45) is 5.92 Å². The van der Waals surface area contributed by atoms with Crippen molar-refractivity contribution in [2.45, 2.75) is 50.5 Å². The molecular formula is C14H21ClN2O3S. The Labute approximate surface area is 130 Å². The zero-order valence-electron chi connectivity index (χ0n) is 12.3. The van der Waals surface area contributed by atoms with Crippen molar-refractivity contribution in [1.82, 2.24) is 9.88 Å². The molecule has 118 valence electrons. The molecule has 1 aliphatic rings. The number of hydrogen-bond donors (Lipinski definition) is 1. The summed E-state index contributed by atoms with van der Waals surface area (Å²) < 4.78 is 24.8. The summed E-state index contributed by atoms with van der Waals surface area (Å²) in [5.41, 5.74) is 0.377. The third-order valence-electron chi connectivity index (χ3n) is 3.73. The maximum Gasteiger partial charge on any atom is 0.267 e. The molecule has 0 spiro atoms. The van der Waals surface area contributed by atoms with Crippen molar-refractivity contribution in [3.63, 3.8) is 0 Å². The van der Waals surface area contributed by atoms with Crippen LogP contribution in [0.15, 0.2) is 17.2 Å². The molecule has 0 radical (unpaired) electrons. The molecule has 0 bridgehead atoms. The van der Waals surface area contributed by atoms with E-state index in [1.165, 1.54) is 12.3 Å². The van der Waals surface area contributed by atoms with Crippen LogP contribution < -0.4 is 5.32 Å². The molecule has 5 nitrogen and oxygen atoms in total. The average Bonchev–Trinajstić information content (AvgIpc) is 3.02. The summed E-state index contributed by atoms with van der Waals surface area (Å²) in [7, 11) is 1.58. The first-order chi connectivity index (χ1) is 9.79. The zero-order chi connectivity index (χ0) is 15.6. The summed E-state index contributed by atoms with van der Waals surface area (Å²) in [5.74, 6) is 0.0854. The summed E-state index contributed by atoms with van der Waals surface area (Å²) in [6, 6.07) is 1.55. The van der Waals surface area contributed by atoms with Gasteiger partial charge in [-0.25, -0.2) is 8.42 Å². The molecule has 1 amide bonds. The van der Waals surface area contributed by atoms with E-state index in [2.05, 4.69) is 5.32 Å². The molecule has 0 saturated heterocycles. The SMILES string of the molecule is CC(C)CNC(=O)c1cc(S(=O)(=O)Cl)cn1C1CCCC1. The van der Waals surface area contributed by atoms with Gasteiger partial charge in [0.1, 0.15) is 10.6 Å². The van der Waals surface area contributed by atoms with Crippen LogP contribution in [-0.2, 0) is 9.05 Å². The third-order valence-corrected chi connectivity index (χ3v) is 5.05. The molecule has 1 aromatic rings. The predicted molar refractivity (Wildman–Crippen MR) is 82.1 cm³/mol. The fourth-order valence-electron chi connectivity index (χ4n) is 2.64. The van der Waals surface area contributed by atoms with Gasteiger partial charge in [-0.1, -0.05) is 26.7 Å². The number of amides is 1. The predicted octanol–water partition coefficient (Wildman–Crippen LogP) is 2.92. The first-order valence-electron chi connectivity index (χ1n) is 7.23. The second kappa shape index (κ2) is 6.40. The van der Waals surface area contributed by atoms with E-state index in [0.29, 0.717) is 18.2 Å². The maximum atomic E-state index is 12.3. The van der Waals surface area contributed by atoms with Crippen LogP contribution in [0.5, 0.6) is 0 Å². The molecule has 0 unspecified atom stereocenters. The van der Waals surface area contributed by atoms with Gasteiger partial charge in [-0.15, -0.1) is 0 Å². The van der Waals surface area contributed by atoms with Crippen molar-refractivity contribution in [2.75, 3.05) is 6.54 Å². The van der Waals surface area contributed by atoms with Crippen LogP contribution in [0.25, 0.3) is 0 Å². The smallest absolute Gasteiger partial charge is 0.267 e. The van der Waals surface area contributed by atoms with E-state index in [-0.39, 0.29) is 16.8 Å². The molecule has 0 atom stereocenters. The molecular weight excluding hydrogens is 312 g/mol. The minimum atomic E-state index is -3.83. The normalized spacial score (nSPS) is 16.6. The lowest BCUT2D eigenvalue weighted by atomic mass is 10.2. The number of rotatable bonds is 5. The fraction of sp³-hybridized carbons (Fsp3) is 0.643. The first kappa shape index (κ1) is 16.4. The third kappa shape index (κ3) is 4.01. The van der Waals surface area contributed by atoms with Crippen molar-refractivity contribution >= 4 is 25.6 Å². The topological polar surface area (TPSA) is 68.2 Å². The molecule has 21 heavy (non-hydrogen) atoms. The van der Waals surface area contributed by atoms with Gasteiger partial charge in [0.15, 0.2) is 0 Å². The highest BCUT2D eigenvalue weighted by molar-refractivity contribution is 8.13. The van der Waals surface area contributed by atoms with Gasteiger partial charge in [-0.05, 0) is 24.8 Å². The van der Waals surface area contributed by atoms with Gasteiger partial charge in [0.2, 0.25) is 0 Å². The standard InChI is InChI=1S/C14H21ClN2O3S/c1-10(2)8-16-14(18)13-7-12(21(15,19)20)9-17(13)11-5-3-4-6-11/h7,9-11H,3-6,8H2,1-2H3,(H,16,18). The summed E-state index contributed by atoms with van der Waals surface area (Å²) in [6.45, 7) is 4.56. The lowest BCUT2D eigenvalue weighted by molar-refractivity contribution is 0.0937. The summed E-state index contributed by atoms with van der Waals surface area (Å²) in [4.78, 5) is 12.3. The van der Waals surface area contributed by atoms with Gasteiger partial charge in [-0.2, -0.15) is 0 Å². The molecule has 1 heterocycles. The Bertz CT molecular complexity index is 616. The van der Waals surface area contributed by atoms with E-state index in [0.717, 1.165) is 25.7 Å².